The highest BCUT2D eigenvalue weighted by atomic mass is 16.5. The number of aliphatic carboxylic acids is 1. The molecule has 4 heteroatoms. The van der Waals surface area contributed by atoms with Crippen LogP contribution in [0.4, 0.5) is 0 Å². The molecule has 0 saturated carbocycles. The number of rotatable bonds is 15. The molecular weight excluding hydrogens is 304 g/mol. The molecule has 0 atom stereocenters. The first kappa shape index (κ1) is 22.6. The van der Waals surface area contributed by atoms with Crippen LogP contribution in [0.5, 0.6) is 0 Å². The van der Waals surface area contributed by atoms with Gasteiger partial charge in [0.15, 0.2) is 5.79 Å². The molecule has 0 heterocycles. The molecule has 0 aliphatic heterocycles. The summed E-state index contributed by atoms with van der Waals surface area (Å²) in [6.45, 7) is 2.19. The Balaban J connectivity index is 3.61. The van der Waals surface area contributed by atoms with Crippen molar-refractivity contribution in [3.63, 3.8) is 0 Å². The predicted molar refractivity (Wildman–Crippen MR) is 98.7 cm³/mol. The summed E-state index contributed by atoms with van der Waals surface area (Å²) in [5.74, 6) is -2.48. The van der Waals surface area contributed by atoms with Crippen molar-refractivity contribution in [2.45, 2.75) is 83.3 Å². The largest absolute Gasteiger partial charge is 0.478 e. The lowest BCUT2D eigenvalue weighted by atomic mass is 10.00. The van der Waals surface area contributed by atoms with E-state index in [0.29, 0.717) is 12.8 Å². The van der Waals surface area contributed by atoms with E-state index in [1.165, 1.54) is 31.8 Å². The zero-order chi connectivity index (χ0) is 18.1. The number of hydrogen-bond donors (Lipinski definition) is 3. The summed E-state index contributed by atoms with van der Waals surface area (Å²) in [6, 6.07) is 0. The summed E-state index contributed by atoms with van der Waals surface area (Å²) in [6.07, 6.45) is 20.2. The predicted octanol–water partition coefficient (Wildman–Crippen LogP) is 4.73. The van der Waals surface area contributed by atoms with Crippen LogP contribution in [0.25, 0.3) is 0 Å². The van der Waals surface area contributed by atoms with Gasteiger partial charge in [-0.3, -0.25) is 0 Å². The van der Waals surface area contributed by atoms with E-state index in [0.717, 1.165) is 38.2 Å². The summed E-state index contributed by atoms with van der Waals surface area (Å²) in [5.41, 5.74) is 0. The van der Waals surface area contributed by atoms with E-state index >= 15 is 0 Å². The van der Waals surface area contributed by atoms with E-state index in [1.54, 1.807) is 12.2 Å². The van der Waals surface area contributed by atoms with E-state index in [4.69, 9.17) is 5.11 Å². The highest BCUT2D eigenvalue weighted by Crippen LogP contribution is 2.20. The fourth-order valence-electron chi connectivity index (χ4n) is 2.42. The third-order valence-electron chi connectivity index (χ3n) is 3.84. The van der Waals surface area contributed by atoms with Gasteiger partial charge in [-0.1, -0.05) is 69.4 Å². The van der Waals surface area contributed by atoms with Crippen molar-refractivity contribution in [3.8, 4) is 0 Å². The first-order chi connectivity index (χ1) is 11.5. The normalized spacial score (nSPS) is 12.8. The summed E-state index contributed by atoms with van der Waals surface area (Å²) in [4.78, 5) is 10.2. The van der Waals surface area contributed by atoms with Crippen LogP contribution < -0.4 is 0 Å². The zero-order valence-corrected chi connectivity index (χ0v) is 15.0. The second kappa shape index (κ2) is 15.2. The summed E-state index contributed by atoms with van der Waals surface area (Å²) < 4.78 is 0. The van der Waals surface area contributed by atoms with Gasteiger partial charge >= 0.3 is 5.97 Å². The number of hydrogen-bond acceptors (Lipinski definition) is 3. The second-order valence-electron chi connectivity index (χ2n) is 6.26. The minimum absolute atomic E-state index is 0.424. The van der Waals surface area contributed by atoms with Crippen molar-refractivity contribution in [2.24, 2.45) is 0 Å². The smallest absolute Gasteiger partial charge is 0.328 e. The van der Waals surface area contributed by atoms with Gasteiger partial charge in [0.25, 0.3) is 0 Å². The molecule has 138 valence electrons. The third-order valence-corrected chi connectivity index (χ3v) is 3.84. The molecule has 0 fully saturated rings. The SMILES string of the molecule is CCCCCCCCC(O)(O)CCCC/C=C/C=C/C=C/C(=O)O. The molecule has 3 N–H and O–H groups in total. The summed E-state index contributed by atoms with van der Waals surface area (Å²) in [5, 5.41) is 28.3. The van der Waals surface area contributed by atoms with Crippen molar-refractivity contribution in [2.75, 3.05) is 0 Å². The van der Waals surface area contributed by atoms with Gasteiger partial charge in [0.05, 0.1) is 0 Å². The molecule has 0 unspecified atom stereocenters. The fourth-order valence-corrected chi connectivity index (χ4v) is 2.42. The number of unbranched alkanes of at least 4 members (excludes halogenated alkanes) is 7. The lowest BCUT2D eigenvalue weighted by Crippen LogP contribution is -2.27. The molecule has 0 aromatic heterocycles. The molecule has 0 amide bonds. The van der Waals surface area contributed by atoms with Crippen molar-refractivity contribution >= 4 is 5.97 Å². The maximum absolute atomic E-state index is 10.2. The van der Waals surface area contributed by atoms with Gasteiger partial charge in [-0.2, -0.15) is 0 Å². The lowest BCUT2D eigenvalue weighted by Gasteiger charge is -2.21. The van der Waals surface area contributed by atoms with Crippen LogP contribution in [0.1, 0.15) is 77.6 Å². The van der Waals surface area contributed by atoms with E-state index < -0.39 is 11.8 Å². The molecule has 24 heavy (non-hydrogen) atoms. The molecule has 0 radical (unpaired) electrons. The van der Waals surface area contributed by atoms with Crippen LogP contribution >= 0.6 is 0 Å². The Hall–Kier alpha value is -1.39. The van der Waals surface area contributed by atoms with Gasteiger partial charge in [-0.05, 0) is 25.7 Å². The molecule has 0 aromatic carbocycles. The average Bonchev–Trinajstić information content (AvgIpc) is 2.52. The van der Waals surface area contributed by atoms with Crippen LogP contribution in [-0.2, 0) is 4.79 Å². The molecule has 4 nitrogen and oxygen atoms in total. The summed E-state index contributed by atoms with van der Waals surface area (Å²) in [7, 11) is 0. The van der Waals surface area contributed by atoms with Gasteiger partial charge in [-0.15, -0.1) is 0 Å². The van der Waals surface area contributed by atoms with Gasteiger partial charge in [0.2, 0.25) is 0 Å². The highest BCUT2D eigenvalue weighted by molar-refractivity contribution is 5.80. The van der Waals surface area contributed by atoms with E-state index in [-0.39, 0.29) is 0 Å². The number of allylic oxidation sites excluding steroid dienone is 5. The standard InChI is InChI=1S/C20H34O4/c1-2-3-4-5-11-14-17-20(23,24)18-15-12-9-7-6-8-10-13-16-19(21)22/h6-8,10,13,16,23-24H,2-5,9,11-12,14-15,17-18H2,1H3,(H,21,22)/b7-6+,10-8+,16-13+. The van der Waals surface area contributed by atoms with Crippen molar-refractivity contribution in [1.82, 2.24) is 0 Å². The topological polar surface area (TPSA) is 77.8 Å². The minimum Gasteiger partial charge on any atom is -0.478 e. The number of carboxylic acid groups (broad SMARTS) is 1. The Kier molecular flexibility index (Phi) is 14.3. The summed E-state index contributed by atoms with van der Waals surface area (Å²) >= 11 is 0. The molecule has 0 saturated heterocycles. The molecule has 0 rings (SSSR count). The zero-order valence-electron chi connectivity index (χ0n) is 15.0. The number of aliphatic hydroxyl groups is 2. The minimum atomic E-state index is -1.52. The fraction of sp³-hybridized carbons (Fsp3) is 0.650. The van der Waals surface area contributed by atoms with Crippen molar-refractivity contribution in [3.05, 3.63) is 36.5 Å². The van der Waals surface area contributed by atoms with Crippen LogP contribution in [0.2, 0.25) is 0 Å². The third kappa shape index (κ3) is 17.0. The molecule has 0 aromatic rings. The molecule has 0 aliphatic carbocycles. The molecule has 0 bridgehead atoms. The van der Waals surface area contributed by atoms with E-state index in [1.807, 2.05) is 12.2 Å². The first-order valence-electron chi connectivity index (χ1n) is 9.15. The molecular formula is C20H34O4. The maximum atomic E-state index is 10.2. The van der Waals surface area contributed by atoms with Gasteiger partial charge in [0, 0.05) is 18.9 Å². The monoisotopic (exact) mass is 338 g/mol. The number of carbonyl (C=O) groups is 1. The Labute approximate surface area is 146 Å². The Bertz CT molecular complexity index is 394. The highest BCUT2D eigenvalue weighted by Gasteiger charge is 2.21. The first-order valence-corrected chi connectivity index (χ1v) is 9.15. The molecule has 0 aliphatic rings. The van der Waals surface area contributed by atoms with Gasteiger partial charge < -0.3 is 15.3 Å². The van der Waals surface area contributed by atoms with Gasteiger partial charge in [-0.25, -0.2) is 4.79 Å². The molecule has 0 spiro atoms. The van der Waals surface area contributed by atoms with Crippen LogP contribution in [0.3, 0.4) is 0 Å². The Morgan fingerprint density at radius 1 is 0.833 bits per heavy atom. The Morgan fingerprint density at radius 2 is 1.42 bits per heavy atom. The van der Waals surface area contributed by atoms with Crippen molar-refractivity contribution in [1.29, 1.82) is 0 Å². The van der Waals surface area contributed by atoms with E-state index in [9.17, 15) is 15.0 Å². The van der Waals surface area contributed by atoms with Crippen LogP contribution in [-0.4, -0.2) is 27.1 Å². The maximum Gasteiger partial charge on any atom is 0.328 e. The van der Waals surface area contributed by atoms with E-state index in [2.05, 4.69) is 6.92 Å². The van der Waals surface area contributed by atoms with Crippen LogP contribution in [0.15, 0.2) is 36.5 Å². The average molecular weight is 338 g/mol. The van der Waals surface area contributed by atoms with Crippen LogP contribution in [0, 0.1) is 0 Å². The lowest BCUT2D eigenvalue weighted by molar-refractivity contribution is -0.172. The Morgan fingerprint density at radius 3 is 2.08 bits per heavy atom. The quantitative estimate of drug-likeness (QED) is 0.174. The second-order valence-corrected chi connectivity index (χ2v) is 6.26. The van der Waals surface area contributed by atoms with Crippen molar-refractivity contribution < 1.29 is 20.1 Å². The number of carboxylic acids is 1. The van der Waals surface area contributed by atoms with Gasteiger partial charge in [0.1, 0.15) is 0 Å².